The summed E-state index contributed by atoms with van der Waals surface area (Å²) >= 11 is 0. The molecule has 17 nitrogen and oxygen atoms in total. The molecule has 3 unspecified atom stereocenters. The lowest BCUT2D eigenvalue weighted by atomic mass is 9.99. The highest BCUT2D eigenvalue weighted by Gasteiger charge is 2.30. The Kier molecular flexibility index (Phi) is 65.2. The summed E-state index contributed by atoms with van der Waals surface area (Å²) in [6.45, 7) is 11.8. The van der Waals surface area contributed by atoms with Crippen LogP contribution in [0, 0.1) is 17.8 Å². The Morgan fingerprint density at radius 2 is 0.537 bits per heavy atom. The SMILES string of the molecule is CCCCCCCCCCCCCCCCCCCCCCCC(=O)O[C@H](COC(=O)CCCCCCCCCCCCC(C)CC)COP(=O)(O)OC[C@@H](O)COP(=O)(O)OC[C@@H](COC(=O)CCCCCCCCCC(C)C)OC(=O)CCCCCCCCCC(C)C. The number of ether oxygens (including phenoxy) is 4. The Bertz CT molecular complexity index is 1850. The molecular weight excluding hydrogens is 1250 g/mol. The van der Waals surface area contributed by atoms with E-state index in [1.54, 1.807) is 0 Å². The van der Waals surface area contributed by atoms with Crippen LogP contribution in [-0.4, -0.2) is 96.7 Å². The van der Waals surface area contributed by atoms with Gasteiger partial charge in [0.05, 0.1) is 26.4 Å². The molecule has 0 saturated carbocycles. The number of aliphatic hydroxyl groups is 1. The molecule has 0 heterocycles. The molecule has 0 aliphatic heterocycles. The number of phosphoric acid groups is 2. The lowest BCUT2D eigenvalue weighted by Crippen LogP contribution is -2.30. The van der Waals surface area contributed by atoms with Crippen LogP contribution in [0.4, 0.5) is 0 Å². The first-order valence-electron chi connectivity index (χ1n) is 39.4. The Balaban J connectivity index is 5.20. The van der Waals surface area contributed by atoms with Crippen molar-refractivity contribution < 1.29 is 80.2 Å². The smallest absolute Gasteiger partial charge is 0.462 e. The number of esters is 4. The zero-order valence-electron chi connectivity index (χ0n) is 62.1. The average molecular weight is 1400 g/mol. The molecule has 0 radical (unpaired) electrons. The molecule has 0 aliphatic carbocycles. The van der Waals surface area contributed by atoms with Crippen molar-refractivity contribution in [2.75, 3.05) is 39.6 Å². The van der Waals surface area contributed by atoms with Gasteiger partial charge in [0.1, 0.15) is 19.3 Å². The van der Waals surface area contributed by atoms with E-state index in [1.165, 1.54) is 193 Å². The minimum Gasteiger partial charge on any atom is -0.462 e. The van der Waals surface area contributed by atoms with E-state index in [1.807, 2.05) is 0 Å². The third kappa shape index (κ3) is 69.0. The molecule has 3 N–H and O–H groups in total. The molecule has 6 atom stereocenters. The van der Waals surface area contributed by atoms with Gasteiger partial charge in [-0.05, 0) is 43.4 Å². The third-order valence-corrected chi connectivity index (χ3v) is 19.9. The van der Waals surface area contributed by atoms with Crippen molar-refractivity contribution in [3.05, 3.63) is 0 Å². The van der Waals surface area contributed by atoms with Crippen LogP contribution in [0.1, 0.15) is 389 Å². The number of phosphoric ester groups is 2. The van der Waals surface area contributed by atoms with Gasteiger partial charge in [0, 0.05) is 25.7 Å². The van der Waals surface area contributed by atoms with Crippen molar-refractivity contribution in [1.82, 2.24) is 0 Å². The Morgan fingerprint density at radius 3 is 0.800 bits per heavy atom. The van der Waals surface area contributed by atoms with E-state index in [9.17, 15) is 43.2 Å². The minimum absolute atomic E-state index is 0.103. The van der Waals surface area contributed by atoms with Gasteiger partial charge in [0.25, 0.3) is 0 Å². The molecule has 0 aliphatic rings. The predicted molar refractivity (Wildman–Crippen MR) is 386 cm³/mol. The zero-order valence-corrected chi connectivity index (χ0v) is 63.9. The summed E-state index contributed by atoms with van der Waals surface area (Å²) in [5.41, 5.74) is 0. The maximum atomic E-state index is 13.1. The second-order valence-electron chi connectivity index (χ2n) is 28.6. The molecule has 0 bridgehead atoms. The molecule has 0 aromatic carbocycles. The molecule has 0 aromatic rings. The Labute approximate surface area is 581 Å². The predicted octanol–water partition coefficient (Wildman–Crippen LogP) is 22.2. The minimum atomic E-state index is -4.96. The molecule has 564 valence electrons. The first-order chi connectivity index (χ1) is 45.8. The topological polar surface area (TPSA) is 237 Å². The highest BCUT2D eigenvalue weighted by atomic mass is 31.2. The fraction of sp³-hybridized carbons (Fsp3) is 0.947. The standard InChI is InChI=1S/C76H148O17P2/c1-8-10-11-12-13-14-15-16-17-18-19-20-21-22-23-24-25-30-37-45-52-59-75(80)92-71(63-86-73(78)57-50-43-36-29-27-26-28-35-42-49-56-69(7)9-2)65-90-94(82,83)88-61-70(77)62-89-95(84,85)91-66-72(93-76(81)60-53-46-39-32-34-41-48-55-68(5)6)64-87-74(79)58-51-44-38-31-33-40-47-54-67(3)4/h67-72,77H,8-66H2,1-7H3,(H,82,83)(H,84,85)/t69?,70-,71-,72-/m1/s1. The molecule has 0 aromatic heterocycles. The van der Waals surface area contributed by atoms with E-state index in [4.69, 9.17) is 37.0 Å². The Morgan fingerprint density at radius 1 is 0.305 bits per heavy atom. The average Bonchev–Trinajstić information content (AvgIpc) is 1.86. The maximum Gasteiger partial charge on any atom is 0.472 e. The first-order valence-corrected chi connectivity index (χ1v) is 42.4. The van der Waals surface area contributed by atoms with E-state index in [2.05, 4.69) is 48.5 Å². The second-order valence-corrected chi connectivity index (χ2v) is 31.5. The summed E-state index contributed by atoms with van der Waals surface area (Å²) in [6, 6.07) is 0. The summed E-state index contributed by atoms with van der Waals surface area (Å²) < 4.78 is 68.4. The van der Waals surface area contributed by atoms with Crippen molar-refractivity contribution in [2.45, 2.75) is 407 Å². The molecule has 0 amide bonds. The van der Waals surface area contributed by atoms with Crippen LogP contribution >= 0.6 is 15.6 Å². The van der Waals surface area contributed by atoms with Crippen molar-refractivity contribution in [3.8, 4) is 0 Å². The summed E-state index contributed by atoms with van der Waals surface area (Å²) in [7, 11) is -9.91. The van der Waals surface area contributed by atoms with Crippen molar-refractivity contribution in [1.29, 1.82) is 0 Å². The van der Waals surface area contributed by atoms with E-state index >= 15 is 0 Å². The van der Waals surface area contributed by atoms with Gasteiger partial charge in [0.2, 0.25) is 0 Å². The van der Waals surface area contributed by atoms with Gasteiger partial charge in [-0.1, -0.05) is 337 Å². The van der Waals surface area contributed by atoms with Crippen LogP contribution in [0.3, 0.4) is 0 Å². The van der Waals surface area contributed by atoms with Gasteiger partial charge < -0.3 is 33.8 Å². The molecular formula is C76H148O17P2. The molecule has 0 saturated heterocycles. The van der Waals surface area contributed by atoms with Crippen LogP contribution in [0.2, 0.25) is 0 Å². The highest BCUT2D eigenvalue weighted by Crippen LogP contribution is 2.45. The quantitative estimate of drug-likeness (QED) is 0.0222. The second kappa shape index (κ2) is 66.6. The van der Waals surface area contributed by atoms with Gasteiger partial charge in [-0.15, -0.1) is 0 Å². The van der Waals surface area contributed by atoms with Crippen molar-refractivity contribution in [2.24, 2.45) is 17.8 Å². The highest BCUT2D eigenvalue weighted by molar-refractivity contribution is 7.47. The number of rotatable bonds is 74. The van der Waals surface area contributed by atoms with Crippen LogP contribution in [-0.2, 0) is 65.4 Å². The fourth-order valence-corrected chi connectivity index (χ4v) is 13.1. The summed E-state index contributed by atoms with van der Waals surface area (Å²) in [6.07, 6.45) is 53.0. The van der Waals surface area contributed by atoms with Gasteiger partial charge in [-0.2, -0.15) is 0 Å². The number of aliphatic hydroxyl groups excluding tert-OH is 1. The van der Waals surface area contributed by atoms with E-state index in [0.29, 0.717) is 37.5 Å². The van der Waals surface area contributed by atoms with Crippen LogP contribution in [0.5, 0.6) is 0 Å². The van der Waals surface area contributed by atoms with Crippen LogP contribution < -0.4 is 0 Å². The monoisotopic (exact) mass is 1400 g/mol. The van der Waals surface area contributed by atoms with Gasteiger partial charge in [-0.3, -0.25) is 37.3 Å². The van der Waals surface area contributed by atoms with Crippen molar-refractivity contribution >= 4 is 39.5 Å². The number of carbonyl (C=O) groups excluding carboxylic acids is 4. The van der Waals surface area contributed by atoms with Gasteiger partial charge in [-0.25, -0.2) is 9.13 Å². The molecule has 19 heteroatoms. The number of carbonyl (C=O) groups is 4. The fourth-order valence-electron chi connectivity index (χ4n) is 11.6. The molecule has 0 spiro atoms. The number of hydrogen-bond donors (Lipinski definition) is 3. The molecule has 0 rings (SSSR count). The number of hydrogen-bond acceptors (Lipinski definition) is 15. The van der Waals surface area contributed by atoms with E-state index < -0.39 is 97.5 Å². The molecule has 0 fully saturated rings. The van der Waals surface area contributed by atoms with Gasteiger partial charge >= 0.3 is 39.5 Å². The lowest BCUT2D eigenvalue weighted by Gasteiger charge is -2.21. The van der Waals surface area contributed by atoms with Crippen molar-refractivity contribution in [3.63, 3.8) is 0 Å². The largest absolute Gasteiger partial charge is 0.472 e. The third-order valence-electron chi connectivity index (χ3n) is 18.0. The lowest BCUT2D eigenvalue weighted by molar-refractivity contribution is -0.161. The van der Waals surface area contributed by atoms with Crippen LogP contribution in [0.25, 0.3) is 0 Å². The molecule has 95 heavy (non-hydrogen) atoms. The van der Waals surface area contributed by atoms with Gasteiger partial charge in [0.15, 0.2) is 12.2 Å². The van der Waals surface area contributed by atoms with Crippen LogP contribution in [0.15, 0.2) is 0 Å². The Hall–Kier alpha value is -1.94. The summed E-state index contributed by atoms with van der Waals surface area (Å²) in [5.74, 6) is 0.0871. The normalized spacial score (nSPS) is 14.4. The summed E-state index contributed by atoms with van der Waals surface area (Å²) in [5, 5.41) is 10.6. The summed E-state index contributed by atoms with van der Waals surface area (Å²) in [4.78, 5) is 72.7. The maximum absolute atomic E-state index is 13.1. The van der Waals surface area contributed by atoms with E-state index in [-0.39, 0.29) is 25.7 Å². The first kappa shape index (κ1) is 93.1. The zero-order chi connectivity index (χ0) is 70.1. The number of unbranched alkanes of at least 4 members (excludes halogenated alkanes) is 41. The van der Waals surface area contributed by atoms with E-state index in [0.717, 1.165) is 102 Å².